The summed E-state index contributed by atoms with van der Waals surface area (Å²) in [5.41, 5.74) is 3.17. The van der Waals surface area contributed by atoms with Crippen molar-refractivity contribution in [1.29, 1.82) is 0 Å². The zero-order valence-electron chi connectivity index (χ0n) is 17.6. The van der Waals surface area contributed by atoms with Crippen molar-refractivity contribution < 1.29 is 19.7 Å². The van der Waals surface area contributed by atoms with Crippen molar-refractivity contribution in [2.45, 2.75) is 25.9 Å². The molecule has 1 saturated heterocycles. The number of aromatic hydroxyl groups is 1. The molecular weight excluding hydrogens is 380 g/mol. The van der Waals surface area contributed by atoms with Gasteiger partial charge in [0.1, 0.15) is 11.5 Å². The maximum atomic E-state index is 12.8. The number of aliphatic hydroxyl groups excluding tert-OH is 1. The average molecular weight is 411 g/mol. The molecule has 1 atom stereocenters. The quantitative estimate of drug-likeness (QED) is 0.459. The highest BCUT2D eigenvalue weighted by atomic mass is 16.5. The summed E-state index contributed by atoms with van der Waals surface area (Å²) in [6.07, 6.45) is 3.91. The van der Waals surface area contributed by atoms with Crippen molar-refractivity contribution in [3.63, 3.8) is 0 Å². The number of nitrogens with zero attached hydrogens (tertiary/aromatic N) is 1. The number of methoxy groups -OCH3 is 1. The second kappa shape index (κ2) is 10.4. The minimum atomic E-state index is -0.260. The maximum absolute atomic E-state index is 12.8. The smallest absolute Gasteiger partial charge is 0.189 e. The molecule has 0 bridgehead atoms. The summed E-state index contributed by atoms with van der Waals surface area (Å²) in [4.78, 5) is 15.0. The van der Waals surface area contributed by atoms with Gasteiger partial charge in [0, 0.05) is 50.5 Å². The summed E-state index contributed by atoms with van der Waals surface area (Å²) in [6.45, 7) is 5.24. The molecule has 1 aliphatic rings. The number of hydrogen-bond donors (Lipinski definition) is 3. The normalized spacial score (nSPS) is 17.4. The van der Waals surface area contributed by atoms with Gasteiger partial charge in [-0.15, -0.1) is 0 Å². The van der Waals surface area contributed by atoms with Crippen molar-refractivity contribution in [3.8, 4) is 11.5 Å². The molecule has 30 heavy (non-hydrogen) atoms. The third-order valence-electron chi connectivity index (χ3n) is 5.48. The summed E-state index contributed by atoms with van der Waals surface area (Å²) in [5, 5.41) is 23.1. The van der Waals surface area contributed by atoms with Gasteiger partial charge in [0.05, 0.1) is 12.7 Å². The fourth-order valence-electron chi connectivity index (χ4n) is 3.73. The van der Waals surface area contributed by atoms with E-state index in [9.17, 15) is 15.0 Å². The van der Waals surface area contributed by atoms with Gasteiger partial charge in [-0.05, 0) is 31.1 Å². The third kappa shape index (κ3) is 5.48. The molecular formula is C24H30N2O4. The first-order valence-electron chi connectivity index (χ1n) is 10.3. The van der Waals surface area contributed by atoms with E-state index in [0.717, 1.165) is 36.3 Å². The lowest BCUT2D eigenvalue weighted by molar-refractivity contribution is 0.104. The Balaban J connectivity index is 1.83. The van der Waals surface area contributed by atoms with Crippen molar-refractivity contribution in [1.82, 2.24) is 10.2 Å². The number of allylic oxidation sites excluding steroid dienone is 1. The zero-order chi connectivity index (χ0) is 21.5. The SMILES string of the molecule is COc1cc(O)c(C(=O)/C=C/c2ccc(C)cc2)cc1CN1CCNCC1CCO. The van der Waals surface area contributed by atoms with Gasteiger partial charge in [-0.1, -0.05) is 35.9 Å². The van der Waals surface area contributed by atoms with Crippen LogP contribution in [0.5, 0.6) is 11.5 Å². The van der Waals surface area contributed by atoms with E-state index in [-0.39, 0.29) is 29.7 Å². The molecule has 6 nitrogen and oxygen atoms in total. The number of ether oxygens (including phenoxy) is 1. The second-order valence-corrected chi connectivity index (χ2v) is 7.63. The van der Waals surface area contributed by atoms with Crippen LogP contribution in [0.25, 0.3) is 6.08 Å². The van der Waals surface area contributed by atoms with Gasteiger partial charge in [-0.2, -0.15) is 0 Å². The Morgan fingerprint density at radius 1 is 1.30 bits per heavy atom. The molecule has 3 rings (SSSR count). The molecule has 1 unspecified atom stereocenters. The van der Waals surface area contributed by atoms with E-state index in [1.54, 1.807) is 19.3 Å². The first kappa shape index (κ1) is 22.0. The van der Waals surface area contributed by atoms with Gasteiger partial charge in [-0.25, -0.2) is 0 Å². The number of nitrogens with one attached hydrogen (secondary N) is 1. The van der Waals surface area contributed by atoms with Crippen LogP contribution < -0.4 is 10.1 Å². The van der Waals surface area contributed by atoms with E-state index in [2.05, 4.69) is 10.2 Å². The van der Waals surface area contributed by atoms with Gasteiger partial charge in [0.2, 0.25) is 0 Å². The first-order valence-corrected chi connectivity index (χ1v) is 10.3. The standard InChI is InChI=1S/C24H30N2O4/c1-17-3-5-18(6-4-17)7-8-22(28)21-13-19(24(30-2)14-23(21)29)16-26-11-10-25-15-20(26)9-12-27/h3-8,13-14,20,25,27,29H,9-12,15-16H2,1-2H3/b8-7+. The molecule has 0 saturated carbocycles. The van der Waals surface area contributed by atoms with Crippen molar-refractivity contribution >= 4 is 11.9 Å². The van der Waals surface area contributed by atoms with Crippen LogP contribution in [0.4, 0.5) is 0 Å². The molecule has 1 aliphatic heterocycles. The molecule has 0 aromatic heterocycles. The van der Waals surface area contributed by atoms with Crippen LogP contribution in [0, 0.1) is 6.92 Å². The molecule has 6 heteroatoms. The number of carbonyl (C=O) groups is 1. The molecule has 0 radical (unpaired) electrons. The van der Waals surface area contributed by atoms with E-state index >= 15 is 0 Å². The number of phenols is 1. The van der Waals surface area contributed by atoms with Crippen LogP contribution in [0.15, 0.2) is 42.5 Å². The summed E-state index contributed by atoms with van der Waals surface area (Å²) >= 11 is 0. The highest BCUT2D eigenvalue weighted by Gasteiger charge is 2.24. The number of aryl methyl sites for hydroxylation is 1. The number of benzene rings is 2. The van der Waals surface area contributed by atoms with E-state index in [1.807, 2.05) is 31.2 Å². The van der Waals surface area contributed by atoms with Crippen molar-refractivity contribution in [2.24, 2.45) is 0 Å². The lowest BCUT2D eigenvalue weighted by Gasteiger charge is -2.36. The number of hydrogen-bond acceptors (Lipinski definition) is 6. The second-order valence-electron chi connectivity index (χ2n) is 7.63. The Labute approximate surface area is 177 Å². The average Bonchev–Trinajstić information content (AvgIpc) is 2.75. The summed E-state index contributed by atoms with van der Waals surface area (Å²) in [6, 6.07) is 11.3. The monoisotopic (exact) mass is 410 g/mol. The molecule has 2 aromatic carbocycles. The predicted octanol–water partition coefficient (Wildman–Crippen LogP) is 2.76. The summed E-state index contributed by atoms with van der Waals surface area (Å²) < 4.78 is 5.46. The van der Waals surface area contributed by atoms with Gasteiger partial charge in [0.15, 0.2) is 5.78 Å². The number of phenolic OH excluding ortho intramolecular Hbond substituents is 1. The fourth-order valence-corrected chi connectivity index (χ4v) is 3.73. The number of carbonyl (C=O) groups excluding carboxylic acids is 1. The Morgan fingerprint density at radius 2 is 2.07 bits per heavy atom. The largest absolute Gasteiger partial charge is 0.507 e. The molecule has 0 spiro atoms. The highest BCUT2D eigenvalue weighted by molar-refractivity contribution is 6.08. The molecule has 0 amide bonds. The minimum absolute atomic E-state index is 0.0959. The fraction of sp³-hybridized carbons (Fsp3) is 0.375. The van der Waals surface area contributed by atoms with Crippen LogP contribution in [0.3, 0.4) is 0 Å². The van der Waals surface area contributed by atoms with E-state index in [0.29, 0.717) is 18.7 Å². The Hall–Kier alpha value is -2.67. The lowest BCUT2D eigenvalue weighted by Crippen LogP contribution is -2.51. The van der Waals surface area contributed by atoms with E-state index < -0.39 is 0 Å². The van der Waals surface area contributed by atoms with Crippen LogP contribution in [0.2, 0.25) is 0 Å². The predicted molar refractivity (Wildman–Crippen MR) is 118 cm³/mol. The van der Waals surface area contributed by atoms with Crippen LogP contribution in [0.1, 0.15) is 33.5 Å². The van der Waals surface area contributed by atoms with Crippen molar-refractivity contribution in [2.75, 3.05) is 33.4 Å². The van der Waals surface area contributed by atoms with Gasteiger partial charge < -0.3 is 20.3 Å². The third-order valence-corrected chi connectivity index (χ3v) is 5.48. The van der Waals surface area contributed by atoms with Crippen LogP contribution >= 0.6 is 0 Å². The van der Waals surface area contributed by atoms with Crippen LogP contribution in [-0.2, 0) is 6.54 Å². The molecule has 0 aliphatic carbocycles. The molecule has 160 valence electrons. The first-order chi connectivity index (χ1) is 14.5. The zero-order valence-corrected chi connectivity index (χ0v) is 17.6. The van der Waals surface area contributed by atoms with Crippen LogP contribution in [-0.4, -0.2) is 60.3 Å². The molecule has 3 N–H and O–H groups in total. The molecule has 1 fully saturated rings. The highest BCUT2D eigenvalue weighted by Crippen LogP contribution is 2.30. The topological polar surface area (TPSA) is 82.0 Å². The maximum Gasteiger partial charge on any atom is 0.189 e. The Kier molecular flexibility index (Phi) is 7.63. The number of ketones is 1. The Morgan fingerprint density at radius 3 is 2.77 bits per heavy atom. The minimum Gasteiger partial charge on any atom is -0.507 e. The molecule has 2 aromatic rings. The Bertz CT molecular complexity index is 891. The van der Waals surface area contributed by atoms with Gasteiger partial charge in [0.25, 0.3) is 0 Å². The lowest BCUT2D eigenvalue weighted by atomic mass is 10.0. The molecule has 1 heterocycles. The van der Waals surface area contributed by atoms with E-state index in [4.69, 9.17) is 4.74 Å². The van der Waals surface area contributed by atoms with Gasteiger partial charge >= 0.3 is 0 Å². The van der Waals surface area contributed by atoms with Gasteiger partial charge in [-0.3, -0.25) is 9.69 Å². The number of piperazine rings is 1. The number of aliphatic hydroxyl groups is 1. The summed E-state index contributed by atoms with van der Waals surface area (Å²) in [7, 11) is 1.56. The van der Waals surface area contributed by atoms with Crippen molar-refractivity contribution in [3.05, 3.63) is 64.7 Å². The summed E-state index contributed by atoms with van der Waals surface area (Å²) in [5.74, 6) is 0.193. The number of rotatable bonds is 8. The van der Waals surface area contributed by atoms with E-state index in [1.165, 1.54) is 12.1 Å².